The number of hydrogen-bond acceptors (Lipinski definition) is 2. The lowest BCUT2D eigenvalue weighted by Crippen LogP contribution is -2.41. The van der Waals surface area contributed by atoms with Crippen LogP contribution in [0.1, 0.15) is 31.2 Å². The minimum absolute atomic E-state index is 0.116. The average molecular weight is 261 g/mol. The molecule has 2 N–H and O–H groups in total. The van der Waals surface area contributed by atoms with E-state index in [1.807, 2.05) is 36.2 Å². The first-order valence-corrected chi connectivity index (χ1v) is 7.02. The molecule has 0 aliphatic carbocycles. The summed E-state index contributed by atoms with van der Waals surface area (Å²) in [5, 5.41) is 0. The number of likely N-dealkylation sites (tertiary alicyclic amines) is 1. The summed E-state index contributed by atoms with van der Waals surface area (Å²) in [6.45, 7) is 2.34. The second-order valence-corrected chi connectivity index (χ2v) is 5.24. The van der Waals surface area contributed by atoms with Crippen LogP contribution in [0.2, 0.25) is 0 Å². The zero-order valence-electron chi connectivity index (χ0n) is 11.6. The van der Waals surface area contributed by atoms with Crippen molar-refractivity contribution in [3.8, 4) is 0 Å². The topological polar surface area (TPSA) is 49.6 Å². The number of para-hydroxylation sites is 1. The van der Waals surface area contributed by atoms with Gasteiger partial charge in [0.15, 0.2) is 0 Å². The van der Waals surface area contributed by atoms with E-state index < -0.39 is 0 Å². The van der Waals surface area contributed by atoms with Gasteiger partial charge in [-0.25, -0.2) is 4.79 Å². The van der Waals surface area contributed by atoms with E-state index in [2.05, 4.69) is 0 Å². The Morgan fingerprint density at radius 2 is 1.84 bits per heavy atom. The molecule has 1 aliphatic rings. The molecule has 0 radical (unpaired) electrons. The van der Waals surface area contributed by atoms with Crippen molar-refractivity contribution in [3.63, 3.8) is 0 Å². The number of anilines is 1. The Kier molecular flexibility index (Phi) is 4.66. The molecule has 2 rings (SSSR count). The molecule has 0 bridgehead atoms. The normalized spacial score (nSPS) is 15.9. The highest BCUT2D eigenvalue weighted by atomic mass is 16.2. The number of carbonyl (C=O) groups is 1. The van der Waals surface area contributed by atoms with Crippen LogP contribution in [-0.4, -0.2) is 36.0 Å². The summed E-state index contributed by atoms with van der Waals surface area (Å²) in [5.41, 5.74) is 7.68. The van der Waals surface area contributed by atoms with E-state index in [1.54, 1.807) is 4.90 Å². The van der Waals surface area contributed by atoms with Crippen LogP contribution >= 0.6 is 0 Å². The molecule has 0 atom stereocenters. The van der Waals surface area contributed by atoms with Gasteiger partial charge in [-0.1, -0.05) is 31.0 Å². The van der Waals surface area contributed by atoms with Gasteiger partial charge < -0.3 is 15.5 Å². The molecule has 1 aromatic rings. The van der Waals surface area contributed by atoms with Crippen molar-refractivity contribution in [1.82, 2.24) is 9.80 Å². The number of benzene rings is 1. The molecular weight excluding hydrogens is 238 g/mol. The summed E-state index contributed by atoms with van der Waals surface area (Å²) in [6, 6.07) is 7.83. The van der Waals surface area contributed by atoms with Gasteiger partial charge in [0.2, 0.25) is 0 Å². The van der Waals surface area contributed by atoms with Gasteiger partial charge in [-0.2, -0.15) is 0 Å². The minimum atomic E-state index is 0.116. The van der Waals surface area contributed by atoms with Crippen LogP contribution in [-0.2, 0) is 6.54 Å². The molecule has 0 spiro atoms. The Hall–Kier alpha value is -1.71. The van der Waals surface area contributed by atoms with Crippen molar-refractivity contribution in [2.45, 2.75) is 32.2 Å². The fourth-order valence-electron chi connectivity index (χ4n) is 2.50. The molecule has 0 saturated carbocycles. The van der Waals surface area contributed by atoms with Crippen molar-refractivity contribution < 1.29 is 4.79 Å². The summed E-state index contributed by atoms with van der Waals surface area (Å²) in [4.78, 5) is 16.1. The lowest BCUT2D eigenvalue weighted by atomic mass is 10.2. The van der Waals surface area contributed by atoms with Gasteiger partial charge in [-0.3, -0.25) is 0 Å². The Labute approximate surface area is 115 Å². The molecule has 1 fully saturated rings. The molecular formula is C15H23N3O. The van der Waals surface area contributed by atoms with Crippen LogP contribution in [0, 0.1) is 0 Å². The number of carbonyl (C=O) groups excluding carboxylic acids is 1. The fraction of sp³-hybridized carbons (Fsp3) is 0.533. The van der Waals surface area contributed by atoms with Crippen LogP contribution in [0.25, 0.3) is 0 Å². The molecule has 1 aliphatic heterocycles. The number of amides is 2. The SMILES string of the molecule is CN(Cc1ccccc1N)C(=O)N1CCCCCC1. The second kappa shape index (κ2) is 6.45. The Balaban J connectivity index is 1.97. The fourth-order valence-corrected chi connectivity index (χ4v) is 2.50. The Morgan fingerprint density at radius 1 is 1.21 bits per heavy atom. The summed E-state index contributed by atoms with van der Waals surface area (Å²) >= 11 is 0. The molecule has 4 heteroatoms. The van der Waals surface area contributed by atoms with Gasteiger partial charge in [0.1, 0.15) is 0 Å². The number of urea groups is 1. The predicted octanol–water partition coefficient (Wildman–Crippen LogP) is 2.70. The first-order valence-electron chi connectivity index (χ1n) is 7.02. The number of hydrogen-bond donors (Lipinski definition) is 1. The van der Waals surface area contributed by atoms with E-state index >= 15 is 0 Å². The third-order valence-corrected chi connectivity index (χ3v) is 3.67. The van der Waals surface area contributed by atoms with Gasteiger partial charge in [0, 0.05) is 32.4 Å². The maximum Gasteiger partial charge on any atom is 0.320 e. The van der Waals surface area contributed by atoms with E-state index in [9.17, 15) is 4.79 Å². The van der Waals surface area contributed by atoms with E-state index in [0.717, 1.165) is 37.2 Å². The summed E-state index contributed by atoms with van der Waals surface area (Å²) in [5.74, 6) is 0. The number of rotatable bonds is 2. The highest BCUT2D eigenvalue weighted by Crippen LogP contribution is 2.15. The molecule has 1 heterocycles. The van der Waals surface area contributed by atoms with Crippen molar-refractivity contribution in [2.75, 3.05) is 25.9 Å². The standard InChI is InChI=1S/C15H23N3O/c1-17(12-13-8-4-5-9-14(13)16)15(19)18-10-6-2-3-7-11-18/h4-5,8-9H,2-3,6-7,10-12,16H2,1H3. The van der Waals surface area contributed by atoms with E-state index in [-0.39, 0.29) is 6.03 Å². The number of nitrogens with two attached hydrogens (primary N) is 1. The Bertz CT molecular complexity index is 425. The molecule has 1 saturated heterocycles. The molecule has 1 aromatic carbocycles. The van der Waals surface area contributed by atoms with Crippen molar-refractivity contribution in [2.24, 2.45) is 0 Å². The maximum atomic E-state index is 12.4. The van der Waals surface area contributed by atoms with Crippen LogP contribution in [0.3, 0.4) is 0 Å². The zero-order valence-corrected chi connectivity index (χ0v) is 11.6. The molecule has 19 heavy (non-hydrogen) atoms. The predicted molar refractivity (Wildman–Crippen MR) is 77.8 cm³/mol. The first-order chi connectivity index (χ1) is 9.18. The third-order valence-electron chi connectivity index (χ3n) is 3.67. The van der Waals surface area contributed by atoms with Gasteiger partial charge in [0.05, 0.1) is 0 Å². The van der Waals surface area contributed by atoms with Crippen molar-refractivity contribution in [3.05, 3.63) is 29.8 Å². The largest absolute Gasteiger partial charge is 0.398 e. The average Bonchev–Trinajstić information content (AvgIpc) is 2.69. The van der Waals surface area contributed by atoms with Gasteiger partial charge in [-0.05, 0) is 24.5 Å². The minimum Gasteiger partial charge on any atom is -0.398 e. The molecule has 2 amide bonds. The summed E-state index contributed by atoms with van der Waals surface area (Å²) < 4.78 is 0. The number of nitrogens with zero attached hydrogens (tertiary/aromatic N) is 2. The Morgan fingerprint density at radius 3 is 2.47 bits per heavy atom. The molecule has 104 valence electrons. The van der Waals surface area contributed by atoms with Crippen LogP contribution in [0.4, 0.5) is 10.5 Å². The van der Waals surface area contributed by atoms with Gasteiger partial charge >= 0.3 is 6.03 Å². The third kappa shape index (κ3) is 3.63. The lowest BCUT2D eigenvalue weighted by molar-refractivity contribution is 0.162. The monoisotopic (exact) mass is 261 g/mol. The second-order valence-electron chi connectivity index (χ2n) is 5.24. The van der Waals surface area contributed by atoms with E-state index in [1.165, 1.54) is 12.8 Å². The van der Waals surface area contributed by atoms with Gasteiger partial charge in [-0.15, -0.1) is 0 Å². The molecule has 4 nitrogen and oxygen atoms in total. The van der Waals surface area contributed by atoms with Crippen LogP contribution in [0.5, 0.6) is 0 Å². The molecule has 0 unspecified atom stereocenters. The smallest absolute Gasteiger partial charge is 0.320 e. The van der Waals surface area contributed by atoms with Crippen LogP contribution < -0.4 is 5.73 Å². The summed E-state index contributed by atoms with van der Waals surface area (Å²) in [6.07, 6.45) is 4.71. The highest BCUT2D eigenvalue weighted by molar-refractivity contribution is 5.74. The van der Waals surface area contributed by atoms with Crippen molar-refractivity contribution >= 4 is 11.7 Å². The maximum absolute atomic E-state index is 12.4. The number of nitrogen functional groups attached to an aromatic ring is 1. The quantitative estimate of drug-likeness (QED) is 0.832. The van der Waals surface area contributed by atoms with E-state index in [4.69, 9.17) is 5.73 Å². The highest BCUT2D eigenvalue weighted by Gasteiger charge is 2.19. The summed E-state index contributed by atoms with van der Waals surface area (Å²) in [7, 11) is 1.85. The zero-order chi connectivity index (χ0) is 13.7. The lowest BCUT2D eigenvalue weighted by Gasteiger charge is -2.27. The van der Waals surface area contributed by atoms with E-state index in [0.29, 0.717) is 6.54 Å². The van der Waals surface area contributed by atoms with Crippen molar-refractivity contribution in [1.29, 1.82) is 0 Å². The van der Waals surface area contributed by atoms with Crippen LogP contribution in [0.15, 0.2) is 24.3 Å². The molecule has 0 aromatic heterocycles. The van der Waals surface area contributed by atoms with Gasteiger partial charge in [0.25, 0.3) is 0 Å². The first kappa shape index (κ1) is 13.7.